The Bertz CT molecular complexity index is 449. The minimum Gasteiger partial charge on any atom is -0.467 e. The Morgan fingerprint density at radius 2 is 2.05 bits per heavy atom. The minimum atomic E-state index is -0.602. The third-order valence-corrected chi connectivity index (χ3v) is 2.78. The van der Waals surface area contributed by atoms with Crippen molar-refractivity contribution in [1.82, 2.24) is 0 Å². The first-order chi connectivity index (χ1) is 9.00. The molecule has 0 aliphatic heterocycles. The van der Waals surface area contributed by atoms with Gasteiger partial charge in [-0.05, 0) is 12.0 Å². The highest BCUT2D eigenvalue weighted by Gasteiger charge is 2.21. The maximum absolute atomic E-state index is 11.8. The summed E-state index contributed by atoms with van der Waals surface area (Å²) in [5.74, 6) is -0.350. The fourth-order valence-corrected chi connectivity index (χ4v) is 1.73. The molecule has 0 aliphatic carbocycles. The van der Waals surface area contributed by atoms with Crippen LogP contribution in [0.4, 0.5) is 0 Å². The molecule has 0 saturated heterocycles. The molecule has 1 aromatic carbocycles. The molecule has 0 radical (unpaired) electrons. The second-order valence-corrected chi connectivity index (χ2v) is 5.10. The summed E-state index contributed by atoms with van der Waals surface area (Å²) in [6.07, 6.45) is 4.46. The predicted octanol–water partition coefficient (Wildman–Crippen LogP) is 3.57. The summed E-state index contributed by atoms with van der Waals surface area (Å²) in [5, 5.41) is 0. The lowest BCUT2D eigenvalue weighted by Crippen LogP contribution is -2.17. The van der Waals surface area contributed by atoms with Gasteiger partial charge in [-0.2, -0.15) is 0 Å². The molecule has 1 aromatic rings. The van der Waals surface area contributed by atoms with Crippen molar-refractivity contribution in [2.24, 2.45) is 10.4 Å². The van der Waals surface area contributed by atoms with E-state index < -0.39 is 6.04 Å². The number of nitrogens with zero attached hydrogens (tertiary/aromatic N) is 1. The Morgan fingerprint density at radius 1 is 1.42 bits per heavy atom. The largest absolute Gasteiger partial charge is 0.467 e. The molecular formula is C16H21NO2. The van der Waals surface area contributed by atoms with Gasteiger partial charge in [-0.3, -0.25) is 4.99 Å². The summed E-state index contributed by atoms with van der Waals surface area (Å²) < 4.78 is 4.82. The van der Waals surface area contributed by atoms with E-state index in [4.69, 9.17) is 4.74 Å². The van der Waals surface area contributed by atoms with Crippen molar-refractivity contribution in [3.8, 4) is 0 Å². The summed E-state index contributed by atoms with van der Waals surface area (Å²) in [6, 6.07) is 8.82. The topological polar surface area (TPSA) is 38.7 Å². The van der Waals surface area contributed by atoms with Crippen LogP contribution in [-0.2, 0) is 9.53 Å². The van der Waals surface area contributed by atoms with Gasteiger partial charge >= 0.3 is 5.97 Å². The van der Waals surface area contributed by atoms with Gasteiger partial charge < -0.3 is 4.74 Å². The molecular weight excluding hydrogens is 238 g/mol. The molecule has 0 saturated carbocycles. The van der Waals surface area contributed by atoms with Gasteiger partial charge in [0.15, 0.2) is 6.04 Å². The molecule has 0 aliphatic rings. The number of hydrogen-bond acceptors (Lipinski definition) is 3. The normalized spacial score (nSPS) is 13.2. The molecule has 0 aromatic heterocycles. The maximum atomic E-state index is 11.8. The molecule has 0 unspecified atom stereocenters. The highest BCUT2D eigenvalue weighted by atomic mass is 16.5. The smallest absolute Gasteiger partial charge is 0.335 e. The van der Waals surface area contributed by atoms with E-state index in [1.54, 1.807) is 0 Å². The molecule has 0 bridgehead atoms. The van der Waals surface area contributed by atoms with E-state index in [2.05, 4.69) is 25.4 Å². The van der Waals surface area contributed by atoms with Crippen molar-refractivity contribution in [2.75, 3.05) is 7.11 Å². The molecule has 0 amide bonds. The van der Waals surface area contributed by atoms with E-state index in [1.165, 1.54) is 7.11 Å². The van der Waals surface area contributed by atoms with E-state index in [0.29, 0.717) is 0 Å². The van der Waals surface area contributed by atoms with Gasteiger partial charge in [0.1, 0.15) is 0 Å². The van der Waals surface area contributed by atoms with Crippen molar-refractivity contribution in [3.05, 3.63) is 48.6 Å². The first kappa shape index (κ1) is 15.2. The second-order valence-electron chi connectivity index (χ2n) is 5.10. The quantitative estimate of drug-likeness (QED) is 0.445. The van der Waals surface area contributed by atoms with Crippen molar-refractivity contribution in [3.63, 3.8) is 0 Å². The van der Waals surface area contributed by atoms with E-state index >= 15 is 0 Å². The third kappa shape index (κ3) is 4.70. The van der Waals surface area contributed by atoms with Gasteiger partial charge in [0.2, 0.25) is 0 Å². The number of esters is 1. The number of benzene rings is 1. The lowest BCUT2D eigenvalue weighted by atomic mass is 9.91. The molecule has 3 nitrogen and oxygen atoms in total. The molecule has 0 fully saturated rings. The van der Waals surface area contributed by atoms with E-state index in [0.717, 1.165) is 12.0 Å². The van der Waals surface area contributed by atoms with Crippen LogP contribution in [0.15, 0.2) is 48.0 Å². The summed E-state index contributed by atoms with van der Waals surface area (Å²) in [6.45, 7) is 7.84. The lowest BCUT2D eigenvalue weighted by molar-refractivity contribution is -0.142. The van der Waals surface area contributed by atoms with Gasteiger partial charge in [-0.15, -0.1) is 6.58 Å². The number of carbonyl (C=O) groups excluding carboxylic acids is 1. The van der Waals surface area contributed by atoms with E-state index in [-0.39, 0.29) is 11.4 Å². The van der Waals surface area contributed by atoms with Crippen LogP contribution in [-0.4, -0.2) is 19.3 Å². The summed E-state index contributed by atoms with van der Waals surface area (Å²) in [7, 11) is 1.38. The van der Waals surface area contributed by atoms with Gasteiger partial charge in [-0.25, -0.2) is 4.79 Å². The van der Waals surface area contributed by atoms with Gasteiger partial charge in [0, 0.05) is 11.6 Å². The SMILES string of the molecule is C=CCC(C)(C)C=N[C@H](C(=O)OC)c1ccccc1. The van der Waals surface area contributed by atoms with Crippen molar-refractivity contribution in [2.45, 2.75) is 26.3 Å². The molecule has 1 rings (SSSR count). The third-order valence-electron chi connectivity index (χ3n) is 2.78. The van der Waals surface area contributed by atoms with E-state index in [9.17, 15) is 4.79 Å². The predicted molar refractivity (Wildman–Crippen MR) is 78.3 cm³/mol. The Kier molecular flexibility index (Phi) is 5.49. The van der Waals surface area contributed by atoms with Crippen molar-refractivity contribution in [1.29, 1.82) is 0 Å². The number of ether oxygens (including phenoxy) is 1. The van der Waals surface area contributed by atoms with Crippen LogP contribution in [0.2, 0.25) is 0 Å². The van der Waals surface area contributed by atoms with Crippen LogP contribution < -0.4 is 0 Å². The second kappa shape index (κ2) is 6.88. The Labute approximate surface area is 115 Å². The first-order valence-electron chi connectivity index (χ1n) is 6.28. The highest BCUT2D eigenvalue weighted by molar-refractivity contribution is 5.80. The number of hydrogen-bond donors (Lipinski definition) is 0. The Morgan fingerprint density at radius 3 is 2.58 bits per heavy atom. The lowest BCUT2D eigenvalue weighted by Gasteiger charge is -2.18. The standard InChI is InChI=1S/C16H21NO2/c1-5-11-16(2,3)12-17-14(15(18)19-4)13-9-7-6-8-10-13/h5-10,12,14H,1,11H2,2-4H3/t14-/m0/s1. The Balaban J connectivity index is 2.97. The van der Waals surface area contributed by atoms with Gasteiger partial charge in [0.05, 0.1) is 7.11 Å². The zero-order valence-electron chi connectivity index (χ0n) is 11.8. The molecule has 3 heteroatoms. The summed E-state index contributed by atoms with van der Waals surface area (Å²) >= 11 is 0. The zero-order valence-corrected chi connectivity index (χ0v) is 11.8. The minimum absolute atomic E-state index is 0.122. The highest BCUT2D eigenvalue weighted by Crippen LogP contribution is 2.23. The van der Waals surface area contributed by atoms with E-state index in [1.807, 2.05) is 42.6 Å². The number of methoxy groups -OCH3 is 1. The molecule has 102 valence electrons. The van der Waals surface area contributed by atoms with Crippen LogP contribution in [0.3, 0.4) is 0 Å². The number of carbonyl (C=O) groups is 1. The van der Waals surface area contributed by atoms with Gasteiger partial charge in [-0.1, -0.05) is 50.3 Å². The molecule has 0 heterocycles. The summed E-state index contributed by atoms with van der Waals surface area (Å²) in [4.78, 5) is 16.2. The number of allylic oxidation sites excluding steroid dienone is 1. The molecule has 0 N–H and O–H groups in total. The molecule has 19 heavy (non-hydrogen) atoms. The maximum Gasteiger partial charge on any atom is 0.335 e. The van der Waals surface area contributed by atoms with Crippen molar-refractivity contribution < 1.29 is 9.53 Å². The van der Waals surface area contributed by atoms with Crippen LogP contribution in [0.1, 0.15) is 31.9 Å². The van der Waals surface area contributed by atoms with Crippen molar-refractivity contribution >= 4 is 12.2 Å². The monoisotopic (exact) mass is 259 g/mol. The number of aliphatic imine (C=N–C) groups is 1. The fraction of sp³-hybridized carbons (Fsp3) is 0.375. The first-order valence-corrected chi connectivity index (χ1v) is 6.28. The fourth-order valence-electron chi connectivity index (χ4n) is 1.73. The average Bonchev–Trinajstić information content (AvgIpc) is 2.39. The molecule has 0 spiro atoms. The van der Waals surface area contributed by atoms with Crippen LogP contribution >= 0.6 is 0 Å². The Hall–Kier alpha value is -1.90. The average molecular weight is 259 g/mol. The van der Waals surface area contributed by atoms with Crippen LogP contribution in [0.25, 0.3) is 0 Å². The zero-order chi connectivity index (χ0) is 14.3. The summed E-state index contributed by atoms with van der Waals surface area (Å²) in [5.41, 5.74) is 0.711. The van der Waals surface area contributed by atoms with Crippen LogP contribution in [0, 0.1) is 5.41 Å². The van der Waals surface area contributed by atoms with Crippen LogP contribution in [0.5, 0.6) is 0 Å². The molecule has 1 atom stereocenters. The number of rotatable bonds is 6. The van der Waals surface area contributed by atoms with Gasteiger partial charge in [0.25, 0.3) is 0 Å².